The smallest absolute Gasteiger partial charge is 0.0359 e. The Kier molecular flexibility index (Phi) is 9.14. The summed E-state index contributed by atoms with van der Waals surface area (Å²) < 4.78 is 0. The highest BCUT2D eigenvalue weighted by Crippen LogP contribution is 2.13. The lowest BCUT2D eigenvalue weighted by Gasteiger charge is -2.17. The Labute approximate surface area is 125 Å². The summed E-state index contributed by atoms with van der Waals surface area (Å²) in [6.07, 6.45) is 11.1. The molecule has 0 amide bonds. The van der Waals surface area contributed by atoms with Crippen LogP contribution in [0.25, 0.3) is 0 Å². The highest BCUT2D eigenvalue weighted by Gasteiger charge is 2.02. The van der Waals surface area contributed by atoms with Gasteiger partial charge in [0.1, 0.15) is 0 Å². The number of hydrogen-bond donors (Lipinski definition) is 1. The number of nitrogens with two attached hydrogens (primary N) is 1. The van der Waals surface area contributed by atoms with Gasteiger partial charge < -0.3 is 10.6 Å². The van der Waals surface area contributed by atoms with Crippen LogP contribution < -0.4 is 5.73 Å². The monoisotopic (exact) mass is 276 g/mol. The predicted octanol–water partition coefficient (Wildman–Crippen LogP) is 4.84. The number of nitrogens with zero attached hydrogens (tertiary/aromatic N) is 1. The van der Waals surface area contributed by atoms with Gasteiger partial charge in [-0.25, -0.2) is 0 Å². The normalized spacial score (nSPS) is 11.2. The van der Waals surface area contributed by atoms with Crippen molar-refractivity contribution in [3.63, 3.8) is 0 Å². The van der Waals surface area contributed by atoms with E-state index in [0.29, 0.717) is 0 Å². The van der Waals surface area contributed by atoms with Crippen molar-refractivity contribution >= 4 is 5.69 Å². The van der Waals surface area contributed by atoms with Crippen molar-refractivity contribution in [2.75, 3.05) is 19.3 Å². The van der Waals surface area contributed by atoms with Crippen molar-refractivity contribution in [2.45, 2.75) is 64.8 Å². The second-order valence-electron chi connectivity index (χ2n) is 5.91. The minimum absolute atomic E-state index is 0.912. The molecule has 0 fully saturated rings. The molecular weight excluding hydrogens is 244 g/mol. The van der Waals surface area contributed by atoms with Gasteiger partial charge in [0, 0.05) is 12.2 Å². The third-order valence-corrected chi connectivity index (χ3v) is 3.89. The zero-order chi connectivity index (χ0) is 14.6. The quantitative estimate of drug-likeness (QED) is 0.463. The van der Waals surface area contributed by atoms with Gasteiger partial charge in [-0.05, 0) is 31.6 Å². The van der Waals surface area contributed by atoms with E-state index < -0.39 is 0 Å². The number of rotatable bonds is 11. The maximum Gasteiger partial charge on any atom is 0.0359 e. The van der Waals surface area contributed by atoms with Gasteiger partial charge in [0.25, 0.3) is 0 Å². The zero-order valence-corrected chi connectivity index (χ0v) is 13.4. The van der Waals surface area contributed by atoms with Crippen molar-refractivity contribution in [3.05, 3.63) is 29.8 Å². The lowest BCUT2D eigenvalue weighted by atomic mass is 10.1. The van der Waals surface area contributed by atoms with Gasteiger partial charge in [0.15, 0.2) is 0 Å². The highest BCUT2D eigenvalue weighted by molar-refractivity contribution is 5.46. The number of benzene rings is 1. The van der Waals surface area contributed by atoms with Crippen LogP contribution in [0.1, 0.15) is 63.9 Å². The summed E-state index contributed by atoms with van der Waals surface area (Å²) in [6.45, 7) is 4.40. The van der Waals surface area contributed by atoms with Gasteiger partial charge in [-0.1, -0.05) is 70.1 Å². The minimum atomic E-state index is 0.912. The Bertz CT molecular complexity index is 349. The molecule has 0 bridgehead atoms. The summed E-state index contributed by atoms with van der Waals surface area (Å²) in [5.74, 6) is 0. The fourth-order valence-corrected chi connectivity index (χ4v) is 2.56. The molecule has 0 radical (unpaired) electrons. The molecule has 0 aliphatic carbocycles. The largest absolute Gasteiger partial charge is 0.398 e. The zero-order valence-electron chi connectivity index (χ0n) is 13.4. The average molecular weight is 276 g/mol. The molecule has 1 rings (SSSR count). The number of hydrogen-bond acceptors (Lipinski definition) is 2. The van der Waals surface area contributed by atoms with Crippen LogP contribution in [0.4, 0.5) is 5.69 Å². The van der Waals surface area contributed by atoms with Crippen molar-refractivity contribution in [1.82, 2.24) is 4.90 Å². The molecular formula is C18H32N2. The van der Waals surface area contributed by atoms with E-state index in [2.05, 4.69) is 31.0 Å². The first-order chi connectivity index (χ1) is 9.74. The Morgan fingerprint density at radius 1 is 0.900 bits per heavy atom. The molecule has 0 unspecified atom stereocenters. The molecule has 20 heavy (non-hydrogen) atoms. The standard InChI is InChI=1S/C18H32N2/c1-3-4-5-6-7-8-9-12-15-20(2)16-17-13-10-11-14-18(17)19/h10-11,13-14H,3-9,12,15-16,19H2,1-2H3. The first-order valence-corrected chi connectivity index (χ1v) is 8.26. The van der Waals surface area contributed by atoms with Gasteiger partial charge in [-0.15, -0.1) is 0 Å². The van der Waals surface area contributed by atoms with Crippen LogP contribution in [0.3, 0.4) is 0 Å². The maximum absolute atomic E-state index is 5.98. The molecule has 2 N–H and O–H groups in total. The first kappa shape index (κ1) is 17.0. The topological polar surface area (TPSA) is 29.3 Å². The molecule has 0 saturated heterocycles. The van der Waals surface area contributed by atoms with Crippen molar-refractivity contribution in [2.24, 2.45) is 0 Å². The second kappa shape index (κ2) is 10.7. The molecule has 1 aromatic rings. The van der Waals surface area contributed by atoms with Crippen molar-refractivity contribution in [1.29, 1.82) is 0 Å². The SMILES string of the molecule is CCCCCCCCCCN(C)Cc1ccccc1N. The number of nitrogen functional groups attached to an aromatic ring is 1. The van der Waals surface area contributed by atoms with E-state index in [-0.39, 0.29) is 0 Å². The Morgan fingerprint density at radius 2 is 1.50 bits per heavy atom. The Morgan fingerprint density at radius 3 is 2.15 bits per heavy atom. The van der Waals surface area contributed by atoms with Crippen LogP contribution >= 0.6 is 0 Å². The molecule has 1 aromatic carbocycles. The third kappa shape index (κ3) is 7.54. The lowest BCUT2D eigenvalue weighted by molar-refractivity contribution is 0.317. The van der Waals surface area contributed by atoms with Crippen molar-refractivity contribution < 1.29 is 0 Å². The second-order valence-corrected chi connectivity index (χ2v) is 5.91. The summed E-state index contributed by atoms with van der Waals surface area (Å²) in [7, 11) is 2.19. The van der Waals surface area contributed by atoms with E-state index in [1.807, 2.05) is 12.1 Å². The number of para-hydroxylation sites is 1. The van der Waals surface area contributed by atoms with Gasteiger partial charge in [-0.2, -0.15) is 0 Å². The molecule has 2 nitrogen and oxygen atoms in total. The summed E-state index contributed by atoms with van der Waals surface area (Å²) in [6, 6.07) is 8.17. The van der Waals surface area contributed by atoms with E-state index in [1.165, 1.54) is 63.5 Å². The van der Waals surface area contributed by atoms with Crippen LogP contribution in [0, 0.1) is 0 Å². The molecule has 0 atom stereocenters. The fourth-order valence-electron chi connectivity index (χ4n) is 2.56. The molecule has 2 heteroatoms. The summed E-state index contributed by atoms with van der Waals surface area (Å²) in [4.78, 5) is 2.38. The molecule has 0 aliphatic heterocycles. The maximum atomic E-state index is 5.98. The van der Waals surface area contributed by atoms with Gasteiger partial charge in [0.2, 0.25) is 0 Å². The van der Waals surface area contributed by atoms with Crippen LogP contribution in [0.5, 0.6) is 0 Å². The van der Waals surface area contributed by atoms with Gasteiger partial charge in [0.05, 0.1) is 0 Å². The molecule has 0 saturated carbocycles. The van der Waals surface area contributed by atoms with Crippen LogP contribution in [-0.4, -0.2) is 18.5 Å². The van der Waals surface area contributed by atoms with E-state index >= 15 is 0 Å². The van der Waals surface area contributed by atoms with Crippen LogP contribution in [0.15, 0.2) is 24.3 Å². The van der Waals surface area contributed by atoms with Crippen LogP contribution in [0.2, 0.25) is 0 Å². The average Bonchev–Trinajstić information content (AvgIpc) is 2.44. The van der Waals surface area contributed by atoms with Gasteiger partial charge >= 0.3 is 0 Å². The molecule has 0 aliphatic rings. The van der Waals surface area contributed by atoms with E-state index in [9.17, 15) is 0 Å². The highest BCUT2D eigenvalue weighted by atomic mass is 15.1. The van der Waals surface area contributed by atoms with E-state index in [4.69, 9.17) is 5.73 Å². The first-order valence-electron chi connectivity index (χ1n) is 8.26. The minimum Gasteiger partial charge on any atom is -0.398 e. The van der Waals surface area contributed by atoms with Gasteiger partial charge in [-0.3, -0.25) is 0 Å². The molecule has 114 valence electrons. The third-order valence-electron chi connectivity index (χ3n) is 3.89. The summed E-state index contributed by atoms with van der Waals surface area (Å²) in [5, 5.41) is 0. The van der Waals surface area contributed by atoms with Crippen molar-refractivity contribution in [3.8, 4) is 0 Å². The predicted molar refractivity (Wildman–Crippen MR) is 89.8 cm³/mol. The lowest BCUT2D eigenvalue weighted by Crippen LogP contribution is -2.19. The van der Waals surface area contributed by atoms with Crippen LogP contribution in [-0.2, 0) is 6.54 Å². The Balaban J connectivity index is 2.03. The summed E-state index contributed by atoms with van der Waals surface area (Å²) >= 11 is 0. The van der Waals surface area contributed by atoms with E-state index in [0.717, 1.165) is 12.2 Å². The molecule has 0 heterocycles. The number of anilines is 1. The molecule has 0 spiro atoms. The number of unbranched alkanes of at least 4 members (excludes halogenated alkanes) is 7. The fraction of sp³-hybridized carbons (Fsp3) is 0.667. The molecule has 0 aromatic heterocycles. The van der Waals surface area contributed by atoms with E-state index in [1.54, 1.807) is 0 Å². The Hall–Kier alpha value is -1.02. The summed E-state index contributed by atoms with van der Waals surface area (Å²) in [5.41, 5.74) is 8.13.